The van der Waals surface area contributed by atoms with Gasteiger partial charge in [-0.25, -0.2) is 8.42 Å². The van der Waals surface area contributed by atoms with Gasteiger partial charge in [0.25, 0.3) is 10.0 Å². The molecule has 122 valence electrons. The van der Waals surface area contributed by atoms with E-state index in [9.17, 15) is 18.3 Å². The Morgan fingerprint density at radius 1 is 1.09 bits per heavy atom. The van der Waals surface area contributed by atoms with Crippen LogP contribution in [0.5, 0.6) is 0 Å². The van der Waals surface area contributed by atoms with Crippen LogP contribution in [0, 0.1) is 0 Å². The Kier molecular flexibility index (Phi) is 5.51. The molecule has 0 heterocycles. The minimum Gasteiger partial charge on any atom is -0.550 e. The van der Waals surface area contributed by atoms with Gasteiger partial charge in [-0.15, -0.1) is 0 Å². The molecule has 2 aromatic carbocycles. The molecule has 23 heavy (non-hydrogen) atoms. The van der Waals surface area contributed by atoms with E-state index in [0.717, 1.165) is 0 Å². The largest absolute Gasteiger partial charge is 0.550 e. The van der Waals surface area contributed by atoms with Crippen LogP contribution in [0.2, 0.25) is 10.0 Å². The Bertz CT molecular complexity index is 820. The molecule has 0 spiro atoms. The van der Waals surface area contributed by atoms with Crippen molar-refractivity contribution in [3.05, 3.63) is 58.1 Å². The Hall–Kier alpha value is -1.76. The van der Waals surface area contributed by atoms with E-state index in [4.69, 9.17) is 23.2 Å². The quantitative estimate of drug-likeness (QED) is 0.843. The molecular formula is C15H12Cl2NO4S-. The fourth-order valence-corrected chi connectivity index (χ4v) is 3.34. The number of carboxylic acid groups (broad SMARTS) is 1. The minimum atomic E-state index is -3.82. The molecule has 2 rings (SSSR count). The van der Waals surface area contributed by atoms with E-state index >= 15 is 0 Å². The molecule has 1 N–H and O–H groups in total. The average Bonchev–Trinajstić information content (AvgIpc) is 2.50. The molecule has 5 nitrogen and oxygen atoms in total. The maximum atomic E-state index is 12.3. The number of rotatable bonds is 6. The predicted octanol–water partition coefficient (Wildman–Crippen LogP) is 2.48. The summed E-state index contributed by atoms with van der Waals surface area (Å²) in [6, 6.07) is 10.5. The lowest BCUT2D eigenvalue weighted by atomic mass is 10.1. The molecular weight excluding hydrogens is 361 g/mol. The van der Waals surface area contributed by atoms with Crippen molar-refractivity contribution in [3.8, 4) is 0 Å². The predicted molar refractivity (Wildman–Crippen MR) is 87.0 cm³/mol. The van der Waals surface area contributed by atoms with Crippen molar-refractivity contribution >= 4 is 44.9 Å². The lowest BCUT2D eigenvalue weighted by Crippen LogP contribution is -2.22. The maximum Gasteiger partial charge on any atom is 0.261 e. The molecule has 8 heteroatoms. The number of nitrogens with one attached hydrogen (secondary N) is 1. The lowest BCUT2D eigenvalue weighted by Gasteiger charge is -2.11. The van der Waals surface area contributed by atoms with Crippen LogP contribution >= 0.6 is 23.2 Å². The van der Waals surface area contributed by atoms with E-state index in [1.807, 2.05) is 0 Å². The van der Waals surface area contributed by atoms with E-state index in [2.05, 4.69) is 4.72 Å². The Balaban J connectivity index is 2.19. The van der Waals surface area contributed by atoms with E-state index in [1.165, 1.54) is 18.2 Å². The first-order valence-corrected chi connectivity index (χ1v) is 8.79. The highest BCUT2D eigenvalue weighted by Gasteiger charge is 2.16. The fourth-order valence-electron chi connectivity index (χ4n) is 1.87. The summed E-state index contributed by atoms with van der Waals surface area (Å²) in [5.74, 6) is -1.15. The van der Waals surface area contributed by atoms with Crippen molar-refractivity contribution in [2.45, 2.75) is 17.7 Å². The number of hydrogen-bond donors (Lipinski definition) is 1. The van der Waals surface area contributed by atoms with Gasteiger partial charge in [0.15, 0.2) is 0 Å². The van der Waals surface area contributed by atoms with Crippen LogP contribution in [-0.2, 0) is 21.2 Å². The second kappa shape index (κ2) is 7.21. The van der Waals surface area contributed by atoms with Gasteiger partial charge < -0.3 is 9.90 Å². The van der Waals surface area contributed by atoms with Crippen molar-refractivity contribution in [2.24, 2.45) is 0 Å². The number of aryl methyl sites for hydroxylation is 1. The highest BCUT2D eigenvalue weighted by Crippen LogP contribution is 2.31. The first kappa shape index (κ1) is 17.6. The number of sulfonamides is 1. The molecule has 0 aliphatic rings. The molecule has 2 aromatic rings. The van der Waals surface area contributed by atoms with Crippen molar-refractivity contribution in [2.75, 3.05) is 4.72 Å². The Morgan fingerprint density at radius 3 is 2.35 bits per heavy atom. The zero-order chi connectivity index (χ0) is 17.0. The third kappa shape index (κ3) is 4.60. The summed E-state index contributed by atoms with van der Waals surface area (Å²) in [6.45, 7) is 0. The molecule has 0 aliphatic carbocycles. The van der Waals surface area contributed by atoms with Gasteiger partial charge in [-0.3, -0.25) is 4.72 Å². The molecule has 0 amide bonds. The Morgan fingerprint density at radius 2 is 1.74 bits per heavy atom. The van der Waals surface area contributed by atoms with E-state index in [1.54, 1.807) is 24.3 Å². The molecule has 0 saturated carbocycles. The highest BCUT2D eigenvalue weighted by atomic mass is 35.5. The number of hydrogen-bond acceptors (Lipinski definition) is 4. The van der Waals surface area contributed by atoms with Crippen molar-refractivity contribution < 1.29 is 18.3 Å². The molecule has 0 unspecified atom stereocenters. The van der Waals surface area contributed by atoms with Gasteiger partial charge in [0.05, 0.1) is 20.6 Å². The van der Waals surface area contributed by atoms with Crippen molar-refractivity contribution in [3.63, 3.8) is 0 Å². The minimum absolute atomic E-state index is 0.0331. The number of aliphatic carboxylic acids is 1. The van der Waals surface area contributed by atoms with Crippen LogP contribution in [0.4, 0.5) is 5.69 Å². The van der Waals surface area contributed by atoms with Crippen LogP contribution in [-0.4, -0.2) is 14.4 Å². The van der Waals surface area contributed by atoms with Gasteiger partial charge in [0, 0.05) is 5.97 Å². The number of anilines is 1. The average molecular weight is 373 g/mol. The summed E-state index contributed by atoms with van der Waals surface area (Å²) in [5, 5.41) is 10.8. The zero-order valence-corrected chi connectivity index (χ0v) is 14.1. The van der Waals surface area contributed by atoms with Gasteiger partial charge in [0.1, 0.15) is 0 Å². The second-order valence-corrected chi connectivity index (χ2v) is 7.19. The van der Waals surface area contributed by atoms with E-state index in [-0.39, 0.29) is 33.5 Å². The van der Waals surface area contributed by atoms with Crippen LogP contribution < -0.4 is 9.83 Å². The number of carbonyl (C=O) groups excluding carboxylic acids is 1. The summed E-state index contributed by atoms with van der Waals surface area (Å²) in [6.07, 6.45) is 0.151. The van der Waals surface area contributed by atoms with Gasteiger partial charge in [-0.2, -0.15) is 0 Å². The summed E-state index contributed by atoms with van der Waals surface area (Å²) >= 11 is 11.8. The molecule has 0 atom stereocenters. The van der Waals surface area contributed by atoms with Gasteiger partial charge in [0.2, 0.25) is 0 Å². The van der Waals surface area contributed by atoms with Gasteiger partial charge in [-0.1, -0.05) is 41.4 Å². The Labute approximate surface area is 143 Å². The summed E-state index contributed by atoms with van der Waals surface area (Å²) < 4.78 is 27.0. The molecule has 0 bridgehead atoms. The lowest BCUT2D eigenvalue weighted by molar-refractivity contribution is -0.305. The van der Waals surface area contributed by atoms with E-state index < -0.39 is 16.0 Å². The van der Waals surface area contributed by atoms with Crippen LogP contribution in [0.25, 0.3) is 0 Å². The SMILES string of the molecule is O=C([O-])CCc1ccc(S(=O)(=O)Nc2cccc(Cl)c2Cl)cc1. The molecule has 0 fully saturated rings. The summed E-state index contributed by atoms with van der Waals surface area (Å²) in [7, 11) is -3.82. The molecule has 0 radical (unpaired) electrons. The summed E-state index contributed by atoms with van der Waals surface area (Å²) in [4.78, 5) is 10.5. The first-order valence-electron chi connectivity index (χ1n) is 6.55. The third-order valence-electron chi connectivity index (χ3n) is 3.05. The monoisotopic (exact) mass is 372 g/mol. The number of benzene rings is 2. The molecule has 0 aromatic heterocycles. The van der Waals surface area contributed by atoms with Crippen molar-refractivity contribution in [1.82, 2.24) is 0 Å². The van der Waals surface area contributed by atoms with Crippen LogP contribution in [0.3, 0.4) is 0 Å². The standard InChI is InChI=1S/C15H13Cl2NO4S/c16-12-2-1-3-13(15(12)17)18-23(21,22)11-7-4-10(5-8-11)6-9-14(19)20/h1-5,7-8,18H,6,9H2,(H,19,20)/p-1. The maximum absolute atomic E-state index is 12.3. The van der Waals surface area contributed by atoms with Crippen LogP contribution in [0.15, 0.2) is 47.4 Å². The second-order valence-electron chi connectivity index (χ2n) is 4.72. The zero-order valence-electron chi connectivity index (χ0n) is 11.8. The third-order valence-corrected chi connectivity index (χ3v) is 5.25. The van der Waals surface area contributed by atoms with E-state index in [0.29, 0.717) is 5.56 Å². The normalized spacial score (nSPS) is 11.2. The number of carboxylic acids is 1. The number of halogens is 2. The smallest absolute Gasteiger partial charge is 0.261 e. The molecule has 0 aliphatic heterocycles. The van der Waals surface area contributed by atoms with Crippen LogP contribution in [0.1, 0.15) is 12.0 Å². The highest BCUT2D eigenvalue weighted by molar-refractivity contribution is 7.92. The first-order chi connectivity index (χ1) is 10.8. The summed E-state index contributed by atoms with van der Waals surface area (Å²) in [5.41, 5.74) is 0.883. The fraction of sp³-hybridized carbons (Fsp3) is 0.133. The van der Waals surface area contributed by atoms with Gasteiger partial charge >= 0.3 is 0 Å². The topological polar surface area (TPSA) is 86.3 Å². The number of carbonyl (C=O) groups is 1. The van der Waals surface area contributed by atoms with Crippen molar-refractivity contribution in [1.29, 1.82) is 0 Å². The molecule has 0 saturated heterocycles. The van der Waals surface area contributed by atoms with Gasteiger partial charge in [-0.05, 0) is 42.7 Å².